The number of nitrogens with zero attached hydrogens (tertiary/aromatic N) is 2. The van der Waals surface area contributed by atoms with Crippen molar-refractivity contribution in [3.05, 3.63) is 70.8 Å². The fourth-order valence-corrected chi connectivity index (χ4v) is 5.10. The van der Waals surface area contributed by atoms with Crippen molar-refractivity contribution in [1.29, 1.82) is 5.26 Å². The first-order valence-corrected chi connectivity index (χ1v) is 14.2. The van der Waals surface area contributed by atoms with Crippen LogP contribution >= 0.6 is 0 Å². The van der Waals surface area contributed by atoms with Gasteiger partial charge in [0, 0.05) is 6.54 Å². The van der Waals surface area contributed by atoms with E-state index in [1.165, 1.54) is 63.2 Å². The Hall–Kier alpha value is -2.64. The molecule has 0 aliphatic rings. The molecule has 0 aromatic heterocycles. The fourth-order valence-electron chi connectivity index (χ4n) is 5.10. The van der Waals surface area contributed by atoms with Crippen LogP contribution in [0, 0.1) is 17.2 Å². The van der Waals surface area contributed by atoms with Crippen LogP contribution in [-0.4, -0.2) is 38.1 Å². The average molecular weight is 505 g/mol. The van der Waals surface area contributed by atoms with Gasteiger partial charge in [-0.25, -0.2) is 4.79 Å². The maximum absolute atomic E-state index is 12.0. The van der Waals surface area contributed by atoms with Gasteiger partial charge < -0.3 is 9.64 Å². The summed E-state index contributed by atoms with van der Waals surface area (Å²) in [7, 11) is 3.55. The molecule has 2 aromatic rings. The number of aryl methyl sites for hydroxylation is 1. The molecule has 0 saturated heterocycles. The van der Waals surface area contributed by atoms with Crippen LogP contribution in [0.3, 0.4) is 0 Å². The van der Waals surface area contributed by atoms with Gasteiger partial charge in [-0.3, -0.25) is 0 Å². The molecule has 0 N–H and O–H groups in total. The summed E-state index contributed by atoms with van der Waals surface area (Å²) in [6.07, 6.45) is 11.9. The normalized spacial score (nSPS) is 12.9. The molecule has 4 heteroatoms. The predicted octanol–water partition coefficient (Wildman–Crippen LogP) is 7.75. The first-order valence-electron chi connectivity index (χ1n) is 14.2. The van der Waals surface area contributed by atoms with E-state index in [-0.39, 0.29) is 11.9 Å². The number of carbonyl (C=O) groups excluding carboxylic acids is 1. The molecule has 2 aromatic carbocycles. The number of carbonyl (C=O) groups is 1. The van der Waals surface area contributed by atoms with E-state index in [0.717, 1.165) is 37.9 Å². The van der Waals surface area contributed by atoms with Gasteiger partial charge in [0.15, 0.2) is 0 Å². The van der Waals surface area contributed by atoms with Crippen molar-refractivity contribution in [2.75, 3.05) is 27.2 Å². The van der Waals surface area contributed by atoms with Crippen LogP contribution in [-0.2, 0) is 23.0 Å². The minimum Gasteiger partial charge on any atom is -0.465 e. The first kappa shape index (κ1) is 30.6. The Kier molecular flexibility index (Phi) is 13.4. The van der Waals surface area contributed by atoms with Gasteiger partial charge in [-0.15, -0.1) is 0 Å². The Labute approximate surface area is 226 Å². The Balaban J connectivity index is 1.83. The Bertz CT molecular complexity index is 977. The molecule has 0 aliphatic heterocycles. The number of ether oxygens (including phenoxy) is 1. The summed E-state index contributed by atoms with van der Waals surface area (Å²) in [6, 6.07) is 19.2. The van der Waals surface area contributed by atoms with Crippen LogP contribution in [0.4, 0.5) is 0 Å². The number of unbranched alkanes of at least 4 members (excludes halogenated alkanes) is 5. The molecular formula is C33H48N2O2. The van der Waals surface area contributed by atoms with E-state index in [9.17, 15) is 10.1 Å². The smallest absolute Gasteiger partial charge is 0.337 e. The number of nitriles is 1. The number of benzene rings is 2. The Morgan fingerprint density at radius 1 is 0.946 bits per heavy atom. The molecule has 2 rings (SSSR count). The van der Waals surface area contributed by atoms with E-state index in [4.69, 9.17) is 4.74 Å². The summed E-state index contributed by atoms with van der Waals surface area (Å²) in [5.74, 6) is -0.238. The SMILES string of the molecule is CCCCCCCCc1ccc(CCN(C)CCCC(C#N)(c2cccc(C(=O)OC)c2)C(C)C)cc1. The van der Waals surface area contributed by atoms with Gasteiger partial charge in [0.1, 0.15) is 0 Å². The third kappa shape index (κ3) is 9.63. The predicted molar refractivity (Wildman–Crippen MR) is 154 cm³/mol. The second kappa shape index (κ2) is 16.3. The summed E-state index contributed by atoms with van der Waals surface area (Å²) >= 11 is 0. The van der Waals surface area contributed by atoms with Gasteiger partial charge in [-0.1, -0.05) is 89.3 Å². The van der Waals surface area contributed by atoms with Gasteiger partial charge in [0.25, 0.3) is 0 Å². The lowest BCUT2D eigenvalue weighted by atomic mass is 9.69. The highest BCUT2D eigenvalue weighted by molar-refractivity contribution is 5.89. The van der Waals surface area contributed by atoms with Crippen molar-refractivity contribution in [2.45, 2.75) is 90.4 Å². The van der Waals surface area contributed by atoms with Crippen LogP contribution < -0.4 is 0 Å². The number of hydrogen-bond donors (Lipinski definition) is 0. The van der Waals surface area contributed by atoms with E-state index in [2.05, 4.69) is 63.1 Å². The molecule has 1 unspecified atom stereocenters. The van der Waals surface area contributed by atoms with E-state index in [1.54, 1.807) is 6.07 Å². The van der Waals surface area contributed by atoms with Gasteiger partial charge in [0.2, 0.25) is 0 Å². The molecule has 0 spiro atoms. The van der Waals surface area contributed by atoms with Crippen LogP contribution in [0.1, 0.15) is 99.2 Å². The molecule has 4 nitrogen and oxygen atoms in total. The van der Waals surface area contributed by atoms with Crippen molar-refractivity contribution >= 4 is 5.97 Å². The van der Waals surface area contributed by atoms with E-state index >= 15 is 0 Å². The van der Waals surface area contributed by atoms with Crippen molar-refractivity contribution in [3.8, 4) is 6.07 Å². The van der Waals surface area contributed by atoms with Gasteiger partial charge in [-0.05, 0) is 80.4 Å². The molecule has 0 saturated carbocycles. The standard InChI is InChI=1S/C33H48N2O2/c1-6-7-8-9-10-11-14-28-17-19-29(20-18-28)21-24-35(4)23-13-22-33(26-34,27(2)3)31-16-12-15-30(25-31)32(36)37-5/h12,15-20,25,27H,6-11,13-14,21-24H2,1-5H3. The molecular weight excluding hydrogens is 456 g/mol. The summed E-state index contributed by atoms with van der Waals surface area (Å²) in [4.78, 5) is 14.4. The van der Waals surface area contributed by atoms with Crippen molar-refractivity contribution in [2.24, 2.45) is 5.92 Å². The highest BCUT2D eigenvalue weighted by Gasteiger charge is 2.36. The minimum atomic E-state index is -0.628. The number of hydrogen-bond acceptors (Lipinski definition) is 4. The van der Waals surface area contributed by atoms with Crippen LogP contribution in [0.25, 0.3) is 0 Å². The molecule has 0 bridgehead atoms. The van der Waals surface area contributed by atoms with Crippen molar-refractivity contribution < 1.29 is 9.53 Å². The quantitative estimate of drug-likeness (QED) is 0.163. The van der Waals surface area contributed by atoms with E-state index < -0.39 is 5.41 Å². The molecule has 0 amide bonds. The molecule has 0 heterocycles. The van der Waals surface area contributed by atoms with Crippen molar-refractivity contribution in [3.63, 3.8) is 0 Å². The maximum Gasteiger partial charge on any atom is 0.337 e. The fraction of sp³-hybridized carbons (Fsp3) is 0.576. The highest BCUT2D eigenvalue weighted by Crippen LogP contribution is 2.37. The summed E-state index contributed by atoms with van der Waals surface area (Å²) in [6.45, 7) is 8.38. The van der Waals surface area contributed by atoms with Gasteiger partial charge in [-0.2, -0.15) is 5.26 Å². The zero-order valence-corrected chi connectivity index (χ0v) is 23.9. The lowest BCUT2D eigenvalue weighted by Gasteiger charge is -2.32. The number of methoxy groups -OCH3 is 1. The van der Waals surface area contributed by atoms with E-state index in [0.29, 0.717) is 5.56 Å². The van der Waals surface area contributed by atoms with Gasteiger partial charge >= 0.3 is 5.97 Å². The monoisotopic (exact) mass is 504 g/mol. The molecule has 1 atom stereocenters. The summed E-state index contributed by atoms with van der Waals surface area (Å²) < 4.78 is 4.89. The Morgan fingerprint density at radius 3 is 2.22 bits per heavy atom. The first-order chi connectivity index (χ1) is 17.9. The zero-order chi connectivity index (χ0) is 27.1. The maximum atomic E-state index is 12.0. The molecule has 0 radical (unpaired) electrons. The minimum absolute atomic E-state index is 0.130. The number of rotatable bonds is 17. The second-order valence-electron chi connectivity index (χ2n) is 10.8. The summed E-state index contributed by atoms with van der Waals surface area (Å²) in [5.41, 5.74) is 3.60. The van der Waals surface area contributed by atoms with Crippen LogP contribution in [0.15, 0.2) is 48.5 Å². The lowest BCUT2D eigenvalue weighted by Crippen LogP contribution is -2.33. The third-order valence-corrected chi connectivity index (χ3v) is 7.72. The van der Waals surface area contributed by atoms with E-state index in [1.807, 2.05) is 18.2 Å². The topological polar surface area (TPSA) is 53.3 Å². The zero-order valence-electron chi connectivity index (χ0n) is 23.9. The Morgan fingerprint density at radius 2 is 1.59 bits per heavy atom. The number of likely N-dealkylation sites (N-methyl/N-ethyl adjacent to an activating group) is 1. The lowest BCUT2D eigenvalue weighted by molar-refractivity contribution is 0.0600. The van der Waals surface area contributed by atoms with Crippen molar-refractivity contribution in [1.82, 2.24) is 4.90 Å². The average Bonchev–Trinajstić information content (AvgIpc) is 2.92. The molecule has 202 valence electrons. The highest BCUT2D eigenvalue weighted by atomic mass is 16.5. The largest absolute Gasteiger partial charge is 0.465 e. The third-order valence-electron chi connectivity index (χ3n) is 7.72. The molecule has 0 fully saturated rings. The molecule has 37 heavy (non-hydrogen) atoms. The molecule has 0 aliphatic carbocycles. The van der Waals surface area contributed by atoms with Crippen LogP contribution in [0.5, 0.6) is 0 Å². The van der Waals surface area contributed by atoms with Crippen LogP contribution in [0.2, 0.25) is 0 Å². The number of esters is 1. The van der Waals surface area contributed by atoms with Gasteiger partial charge in [0.05, 0.1) is 24.2 Å². The summed E-state index contributed by atoms with van der Waals surface area (Å²) in [5, 5.41) is 10.2. The second-order valence-corrected chi connectivity index (χ2v) is 10.8.